The summed E-state index contributed by atoms with van der Waals surface area (Å²) in [4.78, 5) is 39.6. The molecule has 1 aliphatic carbocycles. The number of benzene rings is 2. The number of amides is 1. The molecule has 2 saturated heterocycles. The third kappa shape index (κ3) is 3.00. The predicted octanol–water partition coefficient (Wildman–Crippen LogP) is 4.13. The average molecular weight is 521 g/mol. The number of hydrogen-bond donors (Lipinski definition) is 0. The van der Waals surface area contributed by atoms with Crippen LogP contribution < -0.4 is 9.64 Å². The van der Waals surface area contributed by atoms with Crippen LogP contribution >= 0.6 is 0 Å². The van der Waals surface area contributed by atoms with E-state index in [1.165, 1.54) is 6.33 Å². The van der Waals surface area contributed by atoms with E-state index >= 15 is 0 Å². The van der Waals surface area contributed by atoms with Gasteiger partial charge in [0.15, 0.2) is 5.65 Å². The molecule has 9 heteroatoms. The molecule has 1 spiro atoms. The number of nitriles is 1. The Hall–Kier alpha value is -4.45. The zero-order valence-corrected chi connectivity index (χ0v) is 22.1. The van der Waals surface area contributed by atoms with Gasteiger partial charge in [-0.25, -0.2) is 9.97 Å². The highest BCUT2D eigenvalue weighted by Gasteiger charge is 2.88. The number of fused-ring (bicyclic) bond motifs is 3. The highest BCUT2D eigenvalue weighted by Crippen LogP contribution is 2.75. The lowest BCUT2D eigenvalue weighted by atomic mass is 9.87. The number of carbonyl (C=O) groups excluding carboxylic acids is 2. The Balaban J connectivity index is 1.18. The minimum Gasteiger partial charge on any atom is -0.497 e. The van der Waals surface area contributed by atoms with Gasteiger partial charge in [0.25, 0.3) is 0 Å². The van der Waals surface area contributed by atoms with E-state index in [0.29, 0.717) is 12.2 Å². The maximum Gasteiger partial charge on any atom is 0.239 e. The molecule has 2 aromatic carbocycles. The highest BCUT2D eigenvalue weighted by atomic mass is 16.5. The summed E-state index contributed by atoms with van der Waals surface area (Å²) in [5.41, 5.74) is 1.30. The van der Waals surface area contributed by atoms with Gasteiger partial charge in [-0.15, -0.1) is 0 Å². The van der Waals surface area contributed by atoms with Crippen LogP contribution in [0.5, 0.6) is 5.75 Å². The molecule has 0 radical (unpaired) electrons. The molecule has 1 saturated carbocycles. The van der Waals surface area contributed by atoms with Crippen LogP contribution in [0.25, 0.3) is 21.8 Å². The molecule has 4 aromatic rings. The zero-order chi connectivity index (χ0) is 27.1. The summed E-state index contributed by atoms with van der Waals surface area (Å²) in [6.45, 7) is 5.56. The Kier molecular flexibility index (Phi) is 4.87. The first-order valence-electron chi connectivity index (χ1n) is 13.2. The number of nitrogens with zero attached hydrogens (tertiary/aromatic N) is 6. The Morgan fingerprint density at radius 1 is 1.18 bits per heavy atom. The molecule has 2 aromatic heterocycles. The van der Waals surface area contributed by atoms with Gasteiger partial charge in [-0.05, 0) is 47.9 Å². The number of ether oxygens (including phenoxy) is 1. The van der Waals surface area contributed by atoms with E-state index in [1.54, 1.807) is 17.9 Å². The average Bonchev–Trinajstić information content (AvgIpc) is 3.41. The van der Waals surface area contributed by atoms with Gasteiger partial charge in [0.2, 0.25) is 11.8 Å². The van der Waals surface area contributed by atoms with Crippen molar-refractivity contribution in [2.75, 3.05) is 25.1 Å². The molecule has 4 atom stereocenters. The van der Waals surface area contributed by atoms with Gasteiger partial charge in [-0.2, -0.15) is 5.26 Å². The maximum atomic E-state index is 13.7. The van der Waals surface area contributed by atoms with Gasteiger partial charge in [0.05, 0.1) is 36.1 Å². The van der Waals surface area contributed by atoms with Gasteiger partial charge < -0.3 is 14.5 Å². The van der Waals surface area contributed by atoms with Crippen molar-refractivity contribution in [2.24, 2.45) is 5.41 Å². The lowest BCUT2D eigenvalue weighted by Crippen LogP contribution is -2.57. The molecular weight excluding hydrogens is 492 g/mol. The van der Waals surface area contributed by atoms with Gasteiger partial charge in [0, 0.05) is 24.7 Å². The minimum atomic E-state index is -0.376. The van der Waals surface area contributed by atoms with E-state index < -0.39 is 0 Å². The third-order valence-corrected chi connectivity index (χ3v) is 9.42. The molecule has 1 amide bonds. The molecular formula is C30H28N6O3. The SMILES string of the molecule is COc1ccc2cc([C@H](C)C(=O)n3ccc4c(N5CC[C@]67C5C6(C)CN7C(=O)CC#N)ncnc43)ccc2c1. The second-order valence-corrected chi connectivity index (χ2v) is 11.2. The number of hydrogen-bond acceptors (Lipinski definition) is 7. The minimum absolute atomic E-state index is 0.000634. The van der Waals surface area contributed by atoms with Crippen LogP contribution in [0.15, 0.2) is 55.0 Å². The van der Waals surface area contributed by atoms with Crippen molar-refractivity contribution in [1.82, 2.24) is 19.4 Å². The summed E-state index contributed by atoms with van der Waals surface area (Å²) in [6.07, 6.45) is 4.06. The largest absolute Gasteiger partial charge is 0.497 e. The summed E-state index contributed by atoms with van der Waals surface area (Å²) in [5.74, 6) is 1.06. The fraction of sp³-hybridized carbons (Fsp3) is 0.367. The first-order chi connectivity index (χ1) is 18.8. The van der Waals surface area contributed by atoms with Crippen molar-refractivity contribution in [2.45, 2.75) is 44.2 Å². The van der Waals surface area contributed by atoms with Gasteiger partial charge in [-0.3, -0.25) is 14.2 Å². The quantitative estimate of drug-likeness (QED) is 0.390. The zero-order valence-electron chi connectivity index (χ0n) is 22.1. The van der Waals surface area contributed by atoms with Gasteiger partial charge in [0.1, 0.15) is 24.3 Å². The number of rotatable bonds is 5. The fourth-order valence-electron chi connectivity index (χ4n) is 7.39. The Labute approximate surface area is 225 Å². The van der Waals surface area contributed by atoms with Crippen molar-refractivity contribution in [3.05, 3.63) is 60.6 Å². The summed E-state index contributed by atoms with van der Waals surface area (Å²) in [6, 6.07) is 16.0. The molecule has 0 N–H and O–H groups in total. The van der Waals surface area contributed by atoms with Crippen LogP contribution in [0, 0.1) is 16.7 Å². The predicted molar refractivity (Wildman–Crippen MR) is 146 cm³/mol. The second kappa shape index (κ2) is 8.03. The Morgan fingerprint density at radius 2 is 1.97 bits per heavy atom. The number of piperidine rings is 1. The van der Waals surface area contributed by atoms with Crippen molar-refractivity contribution < 1.29 is 14.3 Å². The number of likely N-dealkylation sites (tertiary alicyclic amines) is 1. The van der Waals surface area contributed by atoms with Crippen LogP contribution in [-0.4, -0.2) is 63.0 Å². The molecule has 2 aliphatic heterocycles. The van der Waals surface area contributed by atoms with Crippen molar-refractivity contribution >= 4 is 39.4 Å². The normalized spacial score (nSPS) is 25.5. The first kappa shape index (κ1) is 23.7. The molecule has 3 aliphatic rings. The molecule has 0 bridgehead atoms. The molecule has 9 nitrogen and oxygen atoms in total. The first-order valence-corrected chi connectivity index (χ1v) is 13.2. The summed E-state index contributed by atoms with van der Waals surface area (Å²) in [7, 11) is 1.65. The maximum absolute atomic E-state index is 13.7. The summed E-state index contributed by atoms with van der Waals surface area (Å²) >= 11 is 0. The Bertz CT molecular complexity index is 1740. The summed E-state index contributed by atoms with van der Waals surface area (Å²) in [5, 5.41) is 12.0. The van der Waals surface area contributed by atoms with E-state index in [1.807, 2.05) is 54.3 Å². The van der Waals surface area contributed by atoms with Crippen LogP contribution in [0.1, 0.15) is 43.0 Å². The monoisotopic (exact) mass is 520 g/mol. The number of methoxy groups -OCH3 is 1. The smallest absolute Gasteiger partial charge is 0.239 e. The van der Waals surface area contributed by atoms with Crippen molar-refractivity contribution in [3.63, 3.8) is 0 Å². The molecule has 196 valence electrons. The van der Waals surface area contributed by atoms with Crippen LogP contribution in [0.4, 0.5) is 5.82 Å². The van der Waals surface area contributed by atoms with E-state index in [-0.39, 0.29) is 41.1 Å². The number of anilines is 1. The van der Waals surface area contributed by atoms with E-state index in [0.717, 1.165) is 46.3 Å². The van der Waals surface area contributed by atoms with Crippen molar-refractivity contribution in [1.29, 1.82) is 5.26 Å². The molecule has 3 fully saturated rings. The molecule has 2 unspecified atom stereocenters. The molecule has 39 heavy (non-hydrogen) atoms. The van der Waals surface area contributed by atoms with E-state index in [2.05, 4.69) is 27.9 Å². The fourth-order valence-corrected chi connectivity index (χ4v) is 7.39. The van der Waals surface area contributed by atoms with E-state index in [4.69, 9.17) is 10.00 Å². The molecule has 7 rings (SSSR count). The van der Waals surface area contributed by atoms with Crippen LogP contribution in [-0.2, 0) is 4.79 Å². The van der Waals surface area contributed by atoms with Gasteiger partial charge in [-0.1, -0.05) is 31.2 Å². The lowest BCUT2D eigenvalue weighted by Gasteiger charge is -2.45. The lowest BCUT2D eigenvalue weighted by molar-refractivity contribution is -0.142. The highest BCUT2D eigenvalue weighted by molar-refractivity contribution is 5.98. The Morgan fingerprint density at radius 3 is 2.74 bits per heavy atom. The topological polar surface area (TPSA) is 104 Å². The van der Waals surface area contributed by atoms with Crippen LogP contribution in [0.2, 0.25) is 0 Å². The summed E-state index contributed by atoms with van der Waals surface area (Å²) < 4.78 is 6.95. The molecule has 4 heterocycles. The van der Waals surface area contributed by atoms with Gasteiger partial charge >= 0.3 is 0 Å². The number of aromatic nitrogens is 3. The number of carbonyl (C=O) groups is 2. The van der Waals surface area contributed by atoms with E-state index in [9.17, 15) is 9.59 Å². The third-order valence-electron chi connectivity index (χ3n) is 9.42. The van der Waals surface area contributed by atoms with Crippen LogP contribution in [0.3, 0.4) is 0 Å². The second-order valence-electron chi connectivity index (χ2n) is 11.2. The van der Waals surface area contributed by atoms with Crippen molar-refractivity contribution in [3.8, 4) is 11.8 Å². The standard InChI is InChI=1S/C30H28N6O3/c1-18(19-4-5-21-15-22(39-3)7-6-20(21)14-19)27(38)34-12-9-23-25(34)32-17-33-26(23)35-13-10-30-28(35)29(30,2)16-36(30)24(37)8-11-31/h4-7,9,12,14-15,17-18,28H,8,10,13,16H2,1-3H3/t18-,28?,29?,30-/m0/s1.